The average Bonchev–Trinajstić information content (AvgIpc) is 3.29. The van der Waals surface area contributed by atoms with Gasteiger partial charge >= 0.3 is 0 Å². The first-order chi connectivity index (χ1) is 11.0. The number of aromatic nitrogens is 1. The Labute approximate surface area is 145 Å². The minimum Gasteiger partial charge on any atom is -0.357 e. The Hall–Kier alpha value is -1.20. The van der Waals surface area contributed by atoms with E-state index >= 15 is 0 Å². The largest absolute Gasteiger partial charge is 0.357 e. The van der Waals surface area contributed by atoms with Crippen LogP contribution in [0.2, 0.25) is 5.02 Å². The van der Waals surface area contributed by atoms with Crippen LogP contribution in [0.25, 0.3) is 0 Å². The molecule has 1 fully saturated rings. The van der Waals surface area contributed by atoms with Gasteiger partial charge in [-0.15, -0.1) is 0 Å². The number of nitrogens with one attached hydrogen (secondary N) is 1. The molecule has 0 radical (unpaired) electrons. The molecule has 23 heavy (non-hydrogen) atoms. The second-order valence-corrected chi connectivity index (χ2v) is 6.65. The van der Waals surface area contributed by atoms with E-state index in [1.54, 1.807) is 0 Å². The second-order valence-electron chi connectivity index (χ2n) is 6.21. The summed E-state index contributed by atoms with van der Waals surface area (Å²) in [6.45, 7) is 9.00. The number of guanidine groups is 1. The number of aliphatic imine (C=N–C) groups is 1. The highest BCUT2D eigenvalue weighted by molar-refractivity contribution is 6.30. The molecule has 1 aliphatic carbocycles. The van der Waals surface area contributed by atoms with Gasteiger partial charge in [0.15, 0.2) is 5.96 Å². The zero-order valence-corrected chi connectivity index (χ0v) is 15.6. The van der Waals surface area contributed by atoms with Crippen LogP contribution in [0.15, 0.2) is 17.3 Å². The molecule has 1 aromatic heterocycles. The monoisotopic (exact) mass is 339 g/mol. The molecule has 1 N–H and O–H groups in total. The molecule has 6 heteroatoms. The van der Waals surface area contributed by atoms with Gasteiger partial charge in [0.05, 0.1) is 18.1 Å². The fraction of sp³-hybridized carbons (Fsp3) is 0.706. The van der Waals surface area contributed by atoms with Gasteiger partial charge in [-0.05, 0) is 32.4 Å². The molecule has 0 bridgehead atoms. The molecule has 0 aliphatic heterocycles. The summed E-state index contributed by atoms with van der Waals surface area (Å²) in [5.74, 6) is 0.955. The van der Waals surface area contributed by atoms with Gasteiger partial charge < -0.3 is 14.8 Å². The zero-order chi connectivity index (χ0) is 16.8. The number of hydrogen-bond acceptors (Lipinski definition) is 2. The van der Waals surface area contributed by atoms with Crippen LogP contribution in [-0.2, 0) is 13.6 Å². The van der Waals surface area contributed by atoms with E-state index in [1.165, 1.54) is 18.5 Å². The second kappa shape index (κ2) is 8.60. The van der Waals surface area contributed by atoms with E-state index in [4.69, 9.17) is 16.6 Å². The molecule has 1 saturated carbocycles. The lowest BCUT2D eigenvalue weighted by Gasteiger charge is -2.23. The van der Waals surface area contributed by atoms with E-state index < -0.39 is 0 Å². The summed E-state index contributed by atoms with van der Waals surface area (Å²) < 4.78 is 2.06. The first-order valence-corrected chi connectivity index (χ1v) is 8.97. The molecule has 130 valence electrons. The average molecular weight is 340 g/mol. The summed E-state index contributed by atoms with van der Waals surface area (Å²) in [6.07, 6.45) is 4.64. The number of aryl methyl sites for hydroxylation is 1. The SMILES string of the molecule is CCNC(=NCCN(CC)C1CC1)N(C)Cc1cc(Cl)cn1C. The third kappa shape index (κ3) is 5.43. The number of hydrogen-bond donors (Lipinski definition) is 1. The maximum atomic E-state index is 6.07. The fourth-order valence-electron chi connectivity index (χ4n) is 2.83. The summed E-state index contributed by atoms with van der Waals surface area (Å²) in [4.78, 5) is 9.48. The summed E-state index contributed by atoms with van der Waals surface area (Å²) in [5, 5.41) is 4.16. The minimum absolute atomic E-state index is 0.779. The standard InChI is InChI=1S/C17H30ClN5/c1-5-19-17(20-9-10-23(6-2)15-7-8-15)22(4)13-16-11-14(18)12-21(16)3/h11-12,15H,5-10,13H2,1-4H3,(H,19,20). The molecule has 0 amide bonds. The minimum atomic E-state index is 0.779. The lowest BCUT2D eigenvalue weighted by atomic mass is 10.4. The zero-order valence-electron chi connectivity index (χ0n) is 14.8. The highest BCUT2D eigenvalue weighted by atomic mass is 35.5. The molecular weight excluding hydrogens is 310 g/mol. The van der Waals surface area contributed by atoms with Crippen molar-refractivity contribution in [3.63, 3.8) is 0 Å². The Kier molecular flexibility index (Phi) is 6.78. The lowest BCUT2D eigenvalue weighted by Crippen LogP contribution is -2.39. The normalized spacial score (nSPS) is 15.3. The molecule has 0 unspecified atom stereocenters. The van der Waals surface area contributed by atoms with Gasteiger partial charge in [0.2, 0.25) is 0 Å². The van der Waals surface area contributed by atoms with Crippen molar-refractivity contribution in [1.82, 2.24) is 19.7 Å². The Balaban J connectivity index is 1.92. The third-order valence-corrected chi connectivity index (χ3v) is 4.50. The maximum absolute atomic E-state index is 6.07. The van der Waals surface area contributed by atoms with Crippen molar-refractivity contribution < 1.29 is 0 Å². The lowest BCUT2D eigenvalue weighted by molar-refractivity contribution is 0.285. The topological polar surface area (TPSA) is 35.8 Å². The summed E-state index contributed by atoms with van der Waals surface area (Å²) in [5.41, 5.74) is 1.18. The molecule has 0 atom stereocenters. The number of likely N-dealkylation sites (N-methyl/N-ethyl adjacent to an activating group) is 1. The molecule has 5 nitrogen and oxygen atoms in total. The predicted molar refractivity (Wildman–Crippen MR) is 98.1 cm³/mol. The summed E-state index contributed by atoms with van der Waals surface area (Å²) in [6, 6.07) is 2.81. The molecule has 1 heterocycles. The molecular formula is C17H30ClN5. The number of nitrogens with zero attached hydrogens (tertiary/aromatic N) is 4. The van der Waals surface area contributed by atoms with E-state index in [9.17, 15) is 0 Å². The number of halogens is 1. The van der Waals surface area contributed by atoms with Crippen LogP contribution in [-0.4, -0.2) is 59.6 Å². The maximum Gasteiger partial charge on any atom is 0.194 e. The van der Waals surface area contributed by atoms with Crippen molar-refractivity contribution in [1.29, 1.82) is 0 Å². The van der Waals surface area contributed by atoms with Crippen molar-refractivity contribution in [3.8, 4) is 0 Å². The molecule has 2 rings (SSSR count). The van der Waals surface area contributed by atoms with Crippen LogP contribution in [0.1, 0.15) is 32.4 Å². The first kappa shape index (κ1) is 18.1. The molecule has 1 aliphatic rings. The Morgan fingerprint density at radius 3 is 2.70 bits per heavy atom. The third-order valence-electron chi connectivity index (χ3n) is 4.29. The van der Waals surface area contributed by atoms with Gasteiger partial charge in [0, 0.05) is 45.1 Å². The van der Waals surface area contributed by atoms with Crippen molar-refractivity contribution >= 4 is 17.6 Å². The van der Waals surface area contributed by atoms with Crippen LogP contribution in [0, 0.1) is 0 Å². The van der Waals surface area contributed by atoms with Gasteiger partial charge in [-0.3, -0.25) is 9.89 Å². The van der Waals surface area contributed by atoms with Crippen molar-refractivity contribution in [2.45, 2.75) is 39.3 Å². The van der Waals surface area contributed by atoms with E-state index in [1.807, 2.05) is 19.3 Å². The van der Waals surface area contributed by atoms with Crippen LogP contribution in [0.4, 0.5) is 0 Å². The Morgan fingerprint density at radius 1 is 1.43 bits per heavy atom. The fourth-order valence-corrected chi connectivity index (χ4v) is 3.11. The van der Waals surface area contributed by atoms with Gasteiger partial charge in [-0.2, -0.15) is 0 Å². The Morgan fingerprint density at radius 2 is 2.17 bits per heavy atom. The van der Waals surface area contributed by atoms with Crippen molar-refractivity contribution in [3.05, 3.63) is 23.0 Å². The van der Waals surface area contributed by atoms with E-state index in [2.05, 4.69) is 40.6 Å². The van der Waals surface area contributed by atoms with Crippen LogP contribution in [0.3, 0.4) is 0 Å². The van der Waals surface area contributed by atoms with Gasteiger partial charge in [-0.1, -0.05) is 18.5 Å². The van der Waals surface area contributed by atoms with Gasteiger partial charge in [-0.25, -0.2) is 0 Å². The summed E-state index contributed by atoms with van der Waals surface area (Å²) >= 11 is 6.07. The van der Waals surface area contributed by atoms with Crippen LogP contribution < -0.4 is 5.32 Å². The molecule has 1 aromatic rings. The van der Waals surface area contributed by atoms with Crippen molar-refractivity contribution in [2.24, 2.45) is 12.0 Å². The highest BCUT2D eigenvalue weighted by Gasteiger charge is 2.27. The molecule has 0 spiro atoms. The summed E-state index contributed by atoms with van der Waals surface area (Å²) in [7, 11) is 4.09. The van der Waals surface area contributed by atoms with Gasteiger partial charge in [0.25, 0.3) is 0 Å². The highest BCUT2D eigenvalue weighted by Crippen LogP contribution is 2.25. The first-order valence-electron chi connectivity index (χ1n) is 8.59. The van der Waals surface area contributed by atoms with Crippen LogP contribution in [0.5, 0.6) is 0 Å². The van der Waals surface area contributed by atoms with E-state index in [-0.39, 0.29) is 0 Å². The predicted octanol–water partition coefficient (Wildman–Crippen LogP) is 2.56. The quantitative estimate of drug-likeness (QED) is 0.584. The molecule has 0 saturated heterocycles. The van der Waals surface area contributed by atoms with Crippen molar-refractivity contribution in [2.75, 3.05) is 33.2 Å². The van der Waals surface area contributed by atoms with E-state index in [0.29, 0.717) is 0 Å². The van der Waals surface area contributed by atoms with E-state index in [0.717, 1.165) is 49.7 Å². The number of rotatable bonds is 8. The smallest absolute Gasteiger partial charge is 0.194 e. The Bertz CT molecular complexity index is 521. The van der Waals surface area contributed by atoms with Gasteiger partial charge in [0.1, 0.15) is 0 Å². The van der Waals surface area contributed by atoms with Crippen LogP contribution >= 0.6 is 11.6 Å². The molecule has 0 aromatic carbocycles.